The fraction of sp³-hybridized carbons (Fsp3) is 0.438. The normalized spacial score (nSPS) is 11.3. The first kappa shape index (κ1) is 17.0. The number of carbonyl (C=O) groups is 1. The molecule has 0 saturated heterocycles. The van der Waals surface area contributed by atoms with Crippen LogP contribution in [0.25, 0.3) is 0 Å². The molecule has 0 spiro atoms. The molecule has 1 rings (SSSR count). The number of carboxylic acid groups (broad SMARTS) is 1. The molecule has 0 radical (unpaired) electrons. The van der Waals surface area contributed by atoms with Gasteiger partial charge in [-0.1, -0.05) is 19.1 Å². The summed E-state index contributed by atoms with van der Waals surface area (Å²) in [6, 6.07) is 5.83. The van der Waals surface area contributed by atoms with Gasteiger partial charge in [0, 0.05) is 12.1 Å². The average Bonchev–Trinajstić information content (AvgIpc) is 2.50. The summed E-state index contributed by atoms with van der Waals surface area (Å²) in [7, 11) is 3.22. The molecule has 0 saturated carbocycles. The Hall–Kier alpha value is -2.01. The maximum Gasteiger partial charge on any atom is 0.331 e. The first-order valence-electron chi connectivity index (χ1n) is 6.96. The summed E-state index contributed by atoms with van der Waals surface area (Å²) >= 11 is 0. The van der Waals surface area contributed by atoms with Crippen LogP contribution in [0.3, 0.4) is 0 Å². The number of carboxylic acids is 1. The molecule has 0 unspecified atom stereocenters. The Bertz CT molecular complexity index is 497. The van der Waals surface area contributed by atoms with Gasteiger partial charge in [0.2, 0.25) is 0 Å². The van der Waals surface area contributed by atoms with Crippen molar-refractivity contribution in [3.05, 3.63) is 35.4 Å². The zero-order chi connectivity index (χ0) is 15.7. The van der Waals surface area contributed by atoms with Gasteiger partial charge in [0.1, 0.15) is 0 Å². The highest BCUT2D eigenvalue weighted by molar-refractivity contribution is 5.86. The molecule has 0 aromatic heterocycles. The Morgan fingerprint density at radius 1 is 1.29 bits per heavy atom. The van der Waals surface area contributed by atoms with Gasteiger partial charge in [0.15, 0.2) is 11.5 Å². The van der Waals surface area contributed by atoms with Crippen molar-refractivity contribution in [2.45, 2.75) is 19.8 Å². The van der Waals surface area contributed by atoms with Gasteiger partial charge in [-0.15, -0.1) is 0 Å². The average molecular weight is 293 g/mol. The van der Waals surface area contributed by atoms with Crippen molar-refractivity contribution < 1.29 is 19.4 Å². The van der Waals surface area contributed by atoms with Crippen molar-refractivity contribution in [3.8, 4) is 11.5 Å². The molecule has 0 heterocycles. The van der Waals surface area contributed by atoms with E-state index in [0.717, 1.165) is 18.5 Å². The van der Waals surface area contributed by atoms with E-state index in [1.807, 2.05) is 25.1 Å². The number of hydrogen-bond donors (Lipinski definition) is 2. The molecule has 5 nitrogen and oxygen atoms in total. The molecule has 0 atom stereocenters. The van der Waals surface area contributed by atoms with Gasteiger partial charge in [-0.05, 0) is 37.1 Å². The smallest absolute Gasteiger partial charge is 0.331 e. The monoisotopic (exact) mass is 293 g/mol. The van der Waals surface area contributed by atoms with E-state index in [1.165, 1.54) is 0 Å². The van der Waals surface area contributed by atoms with Gasteiger partial charge >= 0.3 is 5.97 Å². The van der Waals surface area contributed by atoms with Crippen molar-refractivity contribution in [1.82, 2.24) is 5.32 Å². The van der Waals surface area contributed by atoms with E-state index >= 15 is 0 Å². The highest BCUT2D eigenvalue weighted by Gasteiger charge is 2.05. The largest absolute Gasteiger partial charge is 0.493 e. The molecule has 1 aromatic carbocycles. The first-order chi connectivity index (χ1) is 10.1. The standard InChI is InChI=1S/C16H23NO4/c1-4-13(16(18)19)8-10-17-9-7-12-5-6-14(20-2)15(11-12)21-3/h5-6,8,11,17H,4,7,9-10H2,1-3H3,(H,18,19)/b13-8-. The first-order valence-corrected chi connectivity index (χ1v) is 6.96. The second-order valence-electron chi connectivity index (χ2n) is 4.53. The summed E-state index contributed by atoms with van der Waals surface area (Å²) in [5.74, 6) is 0.583. The molecule has 0 amide bonds. The van der Waals surface area contributed by atoms with E-state index in [2.05, 4.69) is 5.32 Å². The minimum Gasteiger partial charge on any atom is -0.493 e. The van der Waals surface area contributed by atoms with E-state index in [9.17, 15) is 4.79 Å². The summed E-state index contributed by atoms with van der Waals surface area (Å²) in [4.78, 5) is 10.8. The molecule has 0 aliphatic carbocycles. The lowest BCUT2D eigenvalue weighted by molar-refractivity contribution is -0.132. The van der Waals surface area contributed by atoms with E-state index in [0.29, 0.717) is 30.0 Å². The van der Waals surface area contributed by atoms with Crippen LogP contribution in [0.4, 0.5) is 0 Å². The summed E-state index contributed by atoms with van der Waals surface area (Å²) < 4.78 is 10.4. The minimum atomic E-state index is -0.848. The van der Waals surface area contributed by atoms with Crippen LogP contribution in [-0.4, -0.2) is 38.4 Å². The van der Waals surface area contributed by atoms with Crippen molar-refractivity contribution in [2.75, 3.05) is 27.3 Å². The molecule has 0 aliphatic heterocycles. The molecule has 21 heavy (non-hydrogen) atoms. The molecular weight excluding hydrogens is 270 g/mol. The number of rotatable bonds is 9. The van der Waals surface area contributed by atoms with Crippen LogP contribution in [0.2, 0.25) is 0 Å². The zero-order valence-corrected chi connectivity index (χ0v) is 12.8. The van der Waals surface area contributed by atoms with Crippen LogP contribution >= 0.6 is 0 Å². The van der Waals surface area contributed by atoms with Crippen LogP contribution in [0.1, 0.15) is 18.9 Å². The molecule has 0 aliphatic rings. The predicted octanol–water partition coefficient (Wildman–Crippen LogP) is 2.26. The number of hydrogen-bond acceptors (Lipinski definition) is 4. The van der Waals surface area contributed by atoms with E-state index in [4.69, 9.17) is 14.6 Å². The van der Waals surface area contributed by atoms with Crippen molar-refractivity contribution in [1.29, 1.82) is 0 Å². The molecular formula is C16H23NO4. The fourth-order valence-corrected chi connectivity index (χ4v) is 1.95. The second-order valence-corrected chi connectivity index (χ2v) is 4.53. The molecule has 5 heteroatoms. The van der Waals surface area contributed by atoms with Crippen molar-refractivity contribution >= 4 is 5.97 Å². The van der Waals surface area contributed by atoms with Gasteiger partial charge in [0.05, 0.1) is 14.2 Å². The Labute approximate surface area is 125 Å². The fourth-order valence-electron chi connectivity index (χ4n) is 1.95. The van der Waals surface area contributed by atoms with Crippen LogP contribution in [0, 0.1) is 0 Å². The van der Waals surface area contributed by atoms with Crippen molar-refractivity contribution in [3.63, 3.8) is 0 Å². The zero-order valence-electron chi connectivity index (χ0n) is 12.8. The van der Waals surface area contributed by atoms with Gasteiger partial charge < -0.3 is 19.9 Å². The van der Waals surface area contributed by atoms with Crippen LogP contribution in [0.15, 0.2) is 29.8 Å². The van der Waals surface area contributed by atoms with Gasteiger partial charge in [-0.2, -0.15) is 0 Å². The topological polar surface area (TPSA) is 67.8 Å². The van der Waals surface area contributed by atoms with Crippen molar-refractivity contribution in [2.24, 2.45) is 0 Å². The molecule has 0 fully saturated rings. The van der Waals surface area contributed by atoms with Gasteiger partial charge in [-0.25, -0.2) is 4.79 Å². The number of ether oxygens (including phenoxy) is 2. The minimum absolute atomic E-state index is 0.439. The van der Waals surface area contributed by atoms with E-state index in [1.54, 1.807) is 20.3 Å². The summed E-state index contributed by atoms with van der Waals surface area (Å²) in [6.07, 6.45) is 3.09. The highest BCUT2D eigenvalue weighted by Crippen LogP contribution is 2.27. The highest BCUT2D eigenvalue weighted by atomic mass is 16.5. The third-order valence-corrected chi connectivity index (χ3v) is 3.19. The van der Waals surface area contributed by atoms with Gasteiger partial charge in [-0.3, -0.25) is 0 Å². The molecule has 0 bridgehead atoms. The molecule has 1 aromatic rings. The number of nitrogens with one attached hydrogen (secondary N) is 1. The van der Waals surface area contributed by atoms with Crippen LogP contribution < -0.4 is 14.8 Å². The predicted molar refractivity (Wildman–Crippen MR) is 82.1 cm³/mol. The Morgan fingerprint density at radius 2 is 2.00 bits per heavy atom. The van der Waals surface area contributed by atoms with E-state index < -0.39 is 5.97 Å². The summed E-state index contributed by atoms with van der Waals surface area (Å²) in [5.41, 5.74) is 1.58. The molecule has 2 N–H and O–H groups in total. The number of aliphatic carboxylic acids is 1. The summed E-state index contributed by atoms with van der Waals surface area (Å²) in [6.45, 7) is 3.16. The lowest BCUT2D eigenvalue weighted by Gasteiger charge is -2.09. The van der Waals surface area contributed by atoms with Crippen LogP contribution in [-0.2, 0) is 11.2 Å². The Morgan fingerprint density at radius 3 is 2.57 bits per heavy atom. The molecule has 116 valence electrons. The SMILES string of the molecule is CC/C(=C/CNCCc1ccc(OC)c(OC)c1)C(=O)O. The van der Waals surface area contributed by atoms with Crippen LogP contribution in [0.5, 0.6) is 11.5 Å². The maximum absolute atomic E-state index is 10.8. The van der Waals surface area contributed by atoms with E-state index in [-0.39, 0.29) is 0 Å². The third-order valence-electron chi connectivity index (χ3n) is 3.19. The number of methoxy groups -OCH3 is 2. The second kappa shape index (κ2) is 9.02. The van der Waals surface area contributed by atoms with Gasteiger partial charge in [0.25, 0.3) is 0 Å². The lowest BCUT2D eigenvalue weighted by atomic mass is 10.1. The summed E-state index contributed by atoms with van der Waals surface area (Å²) in [5, 5.41) is 12.1. The maximum atomic E-state index is 10.8. The third kappa shape index (κ3) is 5.47. The lowest BCUT2D eigenvalue weighted by Crippen LogP contribution is -2.18. The Kier molecular flexibility index (Phi) is 7.32. The number of benzene rings is 1. The Balaban J connectivity index is 2.44. The quantitative estimate of drug-likeness (QED) is 0.540.